The first kappa shape index (κ1) is 25.2. The predicted octanol–water partition coefficient (Wildman–Crippen LogP) is 9.30. The average molecular weight is 489 g/mol. The van der Waals surface area contributed by atoms with Crippen molar-refractivity contribution in [2.45, 2.75) is 58.8 Å². The van der Waals surface area contributed by atoms with Gasteiger partial charge in [-0.1, -0.05) is 63.3 Å². The van der Waals surface area contributed by atoms with E-state index in [9.17, 15) is 22.0 Å². The van der Waals surface area contributed by atoms with Crippen molar-refractivity contribution in [1.82, 2.24) is 0 Å². The molecule has 0 aromatic heterocycles. The van der Waals surface area contributed by atoms with Gasteiger partial charge in [-0.05, 0) is 54.4 Å². The third-order valence-electron chi connectivity index (χ3n) is 7.25. The lowest BCUT2D eigenvalue weighted by molar-refractivity contribution is 0.259. The molecule has 3 aromatic carbocycles. The fourth-order valence-electron chi connectivity index (χ4n) is 4.97. The minimum atomic E-state index is -1.66. The second kappa shape index (κ2) is 10.8. The Morgan fingerprint density at radius 2 is 1.34 bits per heavy atom. The molecule has 4 rings (SSSR count). The smallest absolute Gasteiger partial charge is 0.201 e. The summed E-state index contributed by atoms with van der Waals surface area (Å²) in [5, 5.41) is 0. The Balaban J connectivity index is 1.51. The fourth-order valence-corrected chi connectivity index (χ4v) is 4.97. The van der Waals surface area contributed by atoms with E-state index in [0.717, 1.165) is 30.7 Å². The van der Waals surface area contributed by atoms with Gasteiger partial charge in [0.1, 0.15) is 5.75 Å². The quantitative estimate of drug-likeness (QED) is 0.238. The molecule has 0 heterocycles. The Hall–Kier alpha value is -2.89. The summed E-state index contributed by atoms with van der Waals surface area (Å²) in [6, 6.07) is 9.92. The zero-order valence-corrected chi connectivity index (χ0v) is 19.9. The molecule has 0 amide bonds. The summed E-state index contributed by atoms with van der Waals surface area (Å²) in [6.45, 7) is 3.79. The van der Waals surface area contributed by atoms with Crippen LogP contribution in [0.2, 0.25) is 0 Å². The van der Waals surface area contributed by atoms with E-state index in [2.05, 4.69) is 6.92 Å². The van der Waals surface area contributed by atoms with E-state index in [0.29, 0.717) is 23.3 Å². The molecule has 0 unspecified atom stereocenters. The van der Waals surface area contributed by atoms with Crippen LogP contribution in [0.1, 0.15) is 56.6 Å². The van der Waals surface area contributed by atoms with E-state index < -0.39 is 40.6 Å². The number of halogens is 5. The number of hydrogen-bond donors (Lipinski definition) is 0. The van der Waals surface area contributed by atoms with Gasteiger partial charge in [0.2, 0.25) is 5.82 Å². The molecule has 0 aliphatic heterocycles. The molecule has 1 fully saturated rings. The van der Waals surface area contributed by atoms with Crippen LogP contribution in [0.25, 0.3) is 11.1 Å². The first-order valence-electron chi connectivity index (χ1n) is 12.2. The average Bonchev–Trinajstić information content (AvgIpc) is 2.86. The van der Waals surface area contributed by atoms with Crippen LogP contribution in [-0.4, -0.2) is 0 Å². The van der Waals surface area contributed by atoms with Crippen molar-refractivity contribution in [3.63, 3.8) is 0 Å². The summed E-state index contributed by atoms with van der Waals surface area (Å²) in [4.78, 5) is 0. The summed E-state index contributed by atoms with van der Waals surface area (Å²) in [5.74, 6) is -6.41. The normalized spacial score (nSPS) is 18.0. The standard InChI is InChI=1S/C29H29F5O/c1-3-18-4-6-19(7-5-18)8-9-20-10-12-21(13-11-20)23-16-26(32)28(34)29(17(23)2)35-22-14-24(30)27(33)25(31)15-22/h10-16,18-19H,3-9H2,1-2H3/t18-,19-. The first-order valence-corrected chi connectivity index (χ1v) is 12.2. The lowest BCUT2D eigenvalue weighted by Crippen LogP contribution is -2.14. The van der Waals surface area contributed by atoms with E-state index in [1.54, 1.807) is 0 Å². The molecule has 0 radical (unpaired) electrons. The minimum absolute atomic E-state index is 0.259. The summed E-state index contributed by atoms with van der Waals surface area (Å²) in [6.07, 6.45) is 8.58. The highest BCUT2D eigenvalue weighted by Gasteiger charge is 2.22. The lowest BCUT2D eigenvalue weighted by Gasteiger charge is -2.27. The highest BCUT2D eigenvalue weighted by atomic mass is 19.2. The van der Waals surface area contributed by atoms with Crippen molar-refractivity contribution in [2.75, 3.05) is 0 Å². The Morgan fingerprint density at radius 1 is 0.771 bits per heavy atom. The summed E-state index contributed by atoms with van der Waals surface area (Å²) >= 11 is 0. The third kappa shape index (κ3) is 5.68. The van der Waals surface area contributed by atoms with Gasteiger partial charge in [-0.2, -0.15) is 4.39 Å². The van der Waals surface area contributed by atoms with Crippen LogP contribution < -0.4 is 4.74 Å². The van der Waals surface area contributed by atoms with Crippen LogP contribution in [0, 0.1) is 47.8 Å². The summed E-state index contributed by atoms with van der Waals surface area (Å²) in [5.41, 5.74) is 2.50. The molecule has 1 aliphatic carbocycles. The number of benzene rings is 3. The van der Waals surface area contributed by atoms with Crippen molar-refractivity contribution in [2.24, 2.45) is 11.8 Å². The molecule has 0 saturated heterocycles. The van der Waals surface area contributed by atoms with Crippen LogP contribution in [0.5, 0.6) is 11.5 Å². The number of aryl methyl sites for hydroxylation is 1. The van der Waals surface area contributed by atoms with Crippen molar-refractivity contribution < 1.29 is 26.7 Å². The largest absolute Gasteiger partial charge is 0.454 e. The fraction of sp³-hybridized carbons (Fsp3) is 0.379. The van der Waals surface area contributed by atoms with Crippen LogP contribution >= 0.6 is 0 Å². The van der Waals surface area contributed by atoms with E-state index in [4.69, 9.17) is 4.74 Å². The van der Waals surface area contributed by atoms with Gasteiger partial charge in [-0.3, -0.25) is 0 Å². The molecule has 0 N–H and O–H groups in total. The summed E-state index contributed by atoms with van der Waals surface area (Å²) < 4.78 is 74.6. The molecule has 1 aliphatic rings. The van der Waals surface area contributed by atoms with E-state index in [1.165, 1.54) is 44.6 Å². The molecule has 35 heavy (non-hydrogen) atoms. The highest BCUT2D eigenvalue weighted by Crippen LogP contribution is 2.38. The molecule has 1 nitrogen and oxygen atoms in total. The van der Waals surface area contributed by atoms with Gasteiger partial charge >= 0.3 is 0 Å². The van der Waals surface area contributed by atoms with Gasteiger partial charge in [0.05, 0.1) is 0 Å². The minimum Gasteiger partial charge on any atom is -0.454 e. The lowest BCUT2D eigenvalue weighted by atomic mass is 9.78. The molecule has 0 bridgehead atoms. The SMILES string of the molecule is CC[C@H]1CC[C@H](CCc2ccc(-c3cc(F)c(F)c(Oc4cc(F)c(F)c(F)c4)c3C)cc2)CC1. The maximum atomic E-state index is 14.6. The van der Waals surface area contributed by atoms with Gasteiger partial charge in [-0.15, -0.1) is 0 Å². The van der Waals surface area contributed by atoms with Crippen molar-refractivity contribution >= 4 is 0 Å². The van der Waals surface area contributed by atoms with Gasteiger partial charge in [-0.25, -0.2) is 17.6 Å². The Kier molecular flexibility index (Phi) is 7.78. The Labute approximate surface area is 202 Å². The van der Waals surface area contributed by atoms with Crippen molar-refractivity contribution in [3.05, 3.63) is 82.7 Å². The first-order chi connectivity index (χ1) is 16.8. The maximum Gasteiger partial charge on any atom is 0.201 e. The molecule has 3 aromatic rings. The van der Waals surface area contributed by atoms with E-state index >= 15 is 0 Å². The number of rotatable bonds is 7. The second-order valence-electron chi connectivity index (χ2n) is 9.51. The predicted molar refractivity (Wildman–Crippen MR) is 127 cm³/mol. The molecule has 1 saturated carbocycles. The zero-order valence-electron chi connectivity index (χ0n) is 19.9. The topological polar surface area (TPSA) is 9.23 Å². The van der Waals surface area contributed by atoms with Crippen LogP contribution in [0.3, 0.4) is 0 Å². The van der Waals surface area contributed by atoms with Gasteiger partial charge < -0.3 is 4.74 Å². The molecule has 6 heteroatoms. The van der Waals surface area contributed by atoms with Gasteiger partial charge in [0, 0.05) is 17.7 Å². The number of hydrogen-bond acceptors (Lipinski definition) is 1. The van der Waals surface area contributed by atoms with E-state index in [1.807, 2.05) is 24.3 Å². The zero-order chi connectivity index (χ0) is 25.1. The Bertz CT molecular complexity index is 1160. The van der Waals surface area contributed by atoms with Crippen molar-refractivity contribution in [1.29, 1.82) is 0 Å². The monoisotopic (exact) mass is 488 g/mol. The van der Waals surface area contributed by atoms with Gasteiger partial charge in [0.15, 0.2) is 29.0 Å². The van der Waals surface area contributed by atoms with Crippen molar-refractivity contribution in [3.8, 4) is 22.6 Å². The highest BCUT2D eigenvalue weighted by molar-refractivity contribution is 5.70. The van der Waals surface area contributed by atoms with Crippen LogP contribution in [-0.2, 0) is 6.42 Å². The molecule has 0 spiro atoms. The van der Waals surface area contributed by atoms with Crippen LogP contribution in [0.4, 0.5) is 22.0 Å². The maximum absolute atomic E-state index is 14.6. The third-order valence-corrected chi connectivity index (χ3v) is 7.25. The van der Waals surface area contributed by atoms with E-state index in [-0.39, 0.29) is 5.56 Å². The van der Waals surface area contributed by atoms with Gasteiger partial charge in [0.25, 0.3) is 0 Å². The molecule has 186 valence electrons. The second-order valence-corrected chi connectivity index (χ2v) is 9.51. The molecular weight excluding hydrogens is 459 g/mol. The summed E-state index contributed by atoms with van der Waals surface area (Å²) in [7, 11) is 0. The molecular formula is C29H29F5O. The van der Waals surface area contributed by atoms with Crippen LogP contribution in [0.15, 0.2) is 42.5 Å². The molecule has 0 atom stereocenters. The Morgan fingerprint density at radius 3 is 1.94 bits per heavy atom. The number of ether oxygens (including phenoxy) is 1.